The Labute approximate surface area is 194 Å². The zero-order chi connectivity index (χ0) is 23.4. The first-order valence-electron chi connectivity index (χ1n) is 11.4. The Morgan fingerprint density at radius 3 is 2.45 bits per heavy atom. The van der Waals surface area contributed by atoms with Gasteiger partial charge in [0, 0.05) is 12.2 Å². The molecule has 0 spiro atoms. The number of benzene rings is 2. The van der Waals surface area contributed by atoms with Crippen molar-refractivity contribution in [1.29, 1.82) is 0 Å². The molecule has 1 saturated heterocycles. The predicted octanol–water partition coefficient (Wildman–Crippen LogP) is 4.09. The lowest BCUT2D eigenvalue weighted by Crippen LogP contribution is -2.44. The average molecular weight is 446 g/mol. The SMILES string of the molecule is Cc1ccc(-n2nc(C)c(NC(=O)CN3CCCC(C(=O)Nc4ccccc4)C3)c2C)cc1. The molecular formula is C26H31N5O2. The van der Waals surface area contributed by atoms with Crippen LogP contribution in [-0.4, -0.2) is 46.1 Å². The van der Waals surface area contributed by atoms with Gasteiger partial charge in [0.05, 0.1) is 35.2 Å². The zero-order valence-corrected chi connectivity index (χ0v) is 19.5. The van der Waals surface area contributed by atoms with Crippen LogP contribution in [0.15, 0.2) is 54.6 Å². The van der Waals surface area contributed by atoms with Gasteiger partial charge in [0.2, 0.25) is 11.8 Å². The lowest BCUT2D eigenvalue weighted by Gasteiger charge is -2.31. The molecule has 1 fully saturated rings. The molecule has 1 unspecified atom stereocenters. The molecule has 2 aromatic carbocycles. The van der Waals surface area contributed by atoms with Gasteiger partial charge in [-0.05, 0) is 64.4 Å². The minimum Gasteiger partial charge on any atom is -0.326 e. The second-order valence-corrected chi connectivity index (χ2v) is 8.77. The minimum atomic E-state index is -0.125. The summed E-state index contributed by atoms with van der Waals surface area (Å²) in [5.41, 5.74) is 5.37. The molecule has 0 saturated carbocycles. The van der Waals surface area contributed by atoms with Crippen LogP contribution < -0.4 is 10.6 Å². The van der Waals surface area contributed by atoms with Crippen LogP contribution in [0.2, 0.25) is 0 Å². The number of aryl methyl sites for hydroxylation is 2. The lowest BCUT2D eigenvalue weighted by molar-refractivity contribution is -0.123. The van der Waals surface area contributed by atoms with Crippen LogP contribution in [0.4, 0.5) is 11.4 Å². The average Bonchev–Trinajstić information content (AvgIpc) is 3.08. The van der Waals surface area contributed by atoms with E-state index in [-0.39, 0.29) is 24.3 Å². The van der Waals surface area contributed by atoms with Crippen LogP contribution in [-0.2, 0) is 9.59 Å². The van der Waals surface area contributed by atoms with Crippen molar-refractivity contribution >= 4 is 23.2 Å². The van der Waals surface area contributed by atoms with Gasteiger partial charge in [0.1, 0.15) is 0 Å². The molecule has 0 radical (unpaired) electrons. The second-order valence-electron chi connectivity index (χ2n) is 8.77. The number of likely N-dealkylation sites (tertiary alicyclic amines) is 1. The maximum absolute atomic E-state index is 12.9. The lowest BCUT2D eigenvalue weighted by atomic mass is 9.97. The monoisotopic (exact) mass is 445 g/mol. The number of carbonyl (C=O) groups is 2. The number of carbonyl (C=O) groups excluding carboxylic acids is 2. The summed E-state index contributed by atoms with van der Waals surface area (Å²) in [6.45, 7) is 7.55. The highest BCUT2D eigenvalue weighted by atomic mass is 16.2. The van der Waals surface area contributed by atoms with E-state index >= 15 is 0 Å². The highest BCUT2D eigenvalue weighted by molar-refractivity contribution is 5.94. The fourth-order valence-electron chi connectivity index (χ4n) is 4.32. The molecule has 2 amide bonds. The van der Waals surface area contributed by atoms with Gasteiger partial charge in [-0.2, -0.15) is 5.10 Å². The van der Waals surface area contributed by atoms with Crippen molar-refractivity contribution in [3.8, 4) is 5.69 Å². The smallest absolute Gasteiger partial charge is 0.238 e. The number of anilines is 2. The zero-order valence-electron chi connectivity index (χ0n) is 19.5. The fourth-order valence-corrected chi connectivity index (χ4v) is 4.32. The number of nitrogens with zero attached hydrogens (tertiary/aromatic N) is 3. The first-order chi connectivity index (χ1) is 15.9. The molecule has 0 aliphatic carbocycles. The number of nitrogens with one attached hydrogen (secondary N) is 2. The molecule has 1 aromatic heterocycles. The van der Waals surface area contributed by atoms with Crippen molar-refractivity contribution in [3.63, 3.8) is 0 Å². The number of para-hydroxylation sites is 1. The molecule has 33 heavy (non-hydrogen) atoms. The standard InChI is InChI=1S/C26H31N5O2/c1-18-11-13-23(14-12-18)31-20(3)25(19(2)29-31)28-24(32)17-30-15-7-8-21(16-30)26(33)27-22-9-5-4-6-10-22/h4-6,9-14,21H,7-8,15-17H2,1-3H3,(H,27,33)(H,28,32). The Balaban J connectivity index is 1.37. The van der Waals surface area contributed by atoms with Crippen molar-refractivity contribution < 1.29 is 9.59 Å². The Morgan fingerprint density at radius 1 is 1.00 bits per heavy atom. The Bertz CT molecular complexity index is 1120. The van der Waals surface area contributed by atoms with Gasteiger partial charge in [0.25, 0.3) is 0 Å². The van der Waals surface area contributed by atoms with Crippen molar-refractivity contribution in [2.45, 2.75) is 33.6 Å². The van der Waals surface area contributed by atoms with Gasteiger partial charge in [-0.25, -0.2) is 4.68 Å². The number of rotatable bonds is 6. The van der Waals surface area contributed by atoms with Crippen molar-refractivity contribution in [2.75, 3.05) is 30.3 Å². The summed E-state index contributed by atoms with van der Waals surface area (Å²) in [5, 5.41) is 10.7. The largest absolute Gasteiger partial charge is 0.326 e. The van der Waals surface area contributed by atoms with Crippen LogP contribution in [0.3, 0.4) is 0 Å². The normalized spacial score (nSPS) is 16.4. The van der Waals surface area contributed by atoms with E-state index < -0.39 is 0 Å². The van der Waals surface area contributed by atoms with Crippen LogP contribution in [0.25, 0.3) is 5.69 Å². The predicted molar refractivity (Wildman–Crippen MR) is 131 cm³/mol. The molecule has 4 rings (SSSR count). The molecule has 172 valence electrons. The summed E-state index contributed by atoms with van der Waals surface area (Å²) in [6, 6.07) is 17.6. The maximum Gasteiger partial charge on any atom is 0.238 e. The van der Waals surface area contributed by atoms with E-state index in [1.165, 1.54) is 5.56 Å². The number of amides is 2. The molecule has 3 aromatic rings. The van der Waals surface area contributed by atoms with E-state index in [9.17, 15) is 9.59 Å². The van der Waals surface area contributed by atoms with Gasteiger partial charge < -0.3 is 10.6 Å². The third-order valence-corrected chi connectivity index (χ3v) is 6.12. The fraction of sp³-hybridized carbons (Fsp3) is 0.346. The molecular weight excluding hydrogens is 414 g/mol. The highest BCUT2D eigenvalue weighted by Gasteiger charge is 2.27. The summed E-state index contributed by atoms with van der Waals surface area (Å²) >= 11 is 0. The van der Waals surface area contributed by atoms with Gasteiger partial charge in [0.15, 0.2) is 0 Å². The van der Waals surface area contributed by atoms with Crippen LogP contribution in [0.1, 0.15) is 29.8 Å². The van der Waals surface area contributed by atoms with E-state index in [4.69, 9.17) is 0 Å². The van der Waals surface area contributed by atoms with Gasteiger partial charge in [-0.1, -0.05) is 35.9 Å². The summed E-state index contributed by atoms with van der Waals surface area (Å²) < 4.78 is 1.86. The number of aromatic nitrogens is 2. The van der Waals surface area contributed by atoms with Crippen molar-refractivity contribution in [1.82, 2.24) is 14.7 Å². The highest BCUT2D eigenvalue weighted by Crippen LogP contribution is 2.24. The van der Waals surface area contributed by atoms with Gasteiger partial charge in [-0.3, -0.25) is 14.5 Å². The summed E-state index contributed by atoms with van der Waals surface area (Å²) in [5.74, 6) is -0.203. The Hall–Kier alpha value is -3.45. The Morgan fingerprint density at radius 2 is 1.73 bits per heavy atom. The summed E-state index contributed by atoms with van der Waals surface area (Å²) in [6.07, 6.45) is 1.72. The first-order valence-corrected chi connectivity index (χ1v) is 11.4. The molecule has 1 atom stereocenters. The van der Waals surface area contributed by atoms with Crippen molar-refractivity contribution in [2.24, 2.45) is 5.92 Å². The van der Waals surface area contributed by atoms with Crippen molar-refractivity contribution in [3.05, 3.63) is 71.5 Å². The van der Waals surface area contributed by atoms with Crippen LogP contribution in [0.5, 0.6) is 0 Å². The maximum atomic E-state index is 12.9. The first kappa shape index (κ1) is 22.7. The minimum absolute atomic E-state index is 0.0115. The molecule has 1 aliphatic rings. The second kappa shape index (κ2) is 10.0. The molecule has 2 heterocycles. The van der Waals surface area contributed by atoms with Gasteiger partial charge in [-0.15, -0.1) is 0 Å². The quantitative estimate of drug-likeness (QED) is 0.599. The van der Waals surface area contributed by atoms with Crippen LogP contribution >= 0.6 is 0 Å². The van der Waals surface area contributed by atoms with E-state index in [2.05, 4.69) is 20.6 Å². The van der Waals surface area contributed by atoms with Gasteiger partial charge >= 0.3 is 0 Å². The third-order valence-electron chi connectivity index (χ3n) is 6.12. The topological polar surface area (TPSA) is 79.3 Å². The molecule has 1 aliphatic heterocycles. The Kier molecular flexibility index (Phi) is 6.89. The molecule has 7 nitrogen and oxygen atoms in total. The van der Waals surface area contributed by atoms with E-state index in [0.29, 0.717) is 6.54 Å². The number of hydrogen-bond acceptors (Lipinski definition) is 4. The van der Waals surface area contributed by atoms with Crippen LogP contribution in [0, 0.1) is 26.7 Å². The molecule has 7 heteroatoms. The van der Waals surface area contributed by atoms with E-state index in [1.807, 2.05) is 80.1 Å². The van der Waals surface area contributed by atoms with E-state index in [0.717, 1.165) is 47.8 Å². The summed E-state index contributed by atoms with van der Waals surface area (Å²) in [7, 11) is 0. The number of piperidine rings is 1. The number of hydrogen-bond donors (Lipinski definition) is 2. The summed E-state index contributed by atoms with van der Waals surface area (Å²) in [4.78, 5) is 27.6. The molecule has 0 bridgehead atoms. The third kappa shape index (κ3) is 5.49. The van der Waals surface area contributed by atoms with E-state index in [1.54, 1.807) is 0 Å². The molecule has 2 N–H and O–H groups in total.